The third-order valence-electron chi connectivity index (χ3n) is 7.97. The Labute approximate surface area is 237 Å². The van der Waals surface area contributed by atoms with Crippen LogP contribution in [0, 0.1) is 6.92 Å². The number of carbonyl (C=O) groups is 1. The number of fused-ring (bicyclic) bond motifs is 1. The first-order chi connectivity index (χ1) is 19.1. The van der Waals surface area contributed by atoms with Gasteiger partial charge in [-0.25, -0.2) is 9.97 Å². The van der Waals surface area contributed by atoms with Crippen LogP contribution in [0.3, 0.4) is 0 Å². The second kappa shape index (κ2) is 11.5. The summed E-state index contributed by atoms with van der Waals surface area (Å²) < 4.78 is 1.95. The van der Waals surface area contributed by atoms with Crippen molar-refractivity contribution in [2.45, 2.75) is 72.5 Å². The van der Waals surface area contributed by atoms with Crippen LogP contribution >= 0.6 is 0 Å². The van der Waals surface area contributed by atoms with Crippen LogP contribution in [0.5, 0.6) is 0 Å². The van der Waals surface area contributed by atoms with Crippen molar-refractivity contribution in [1.29, 1.82) is 0 Å². The Morgan fingerprint density at radius 2 is 1.77 bits per heavy atom. The van der Waals surface area contributed by atoms with Crippen LogP contribution in [0.2, 0.25) is 0 Å². The van der Waals surface area contributed by atoms with E-state index in [2.05, 4.69) is 90.3 Å². The maximum atomic E-state index is 12.3. The highest BCUT2D eigenvalue weighted by molar-refractivity contribution is 5.91. The molecule has 0 bridgehead atoms. The lowest BCUT2D eigenvalue weighted by molar-refractivity contribution is -0.122. The van der Waals surface area contributed by atoms with E-state index in [1.165, 1.54) is 11.3 Å². The first-order valence-corrected chi connectivity index (χ1v) is 14.5. The number of aromatic nitrogens is 4. The highest BCUT2D eigenvalue weighted by Gasteiger charge is 2.22. The van der Waals surface area contributed by atoms with Gasteiger partial charge in [-0.1, -0.05) is 58.0 Å². The minimum Gasteiger partial charge on any atom is -0.367 e. The molecule has 40 heavy (non-hydrogen) atoms. The maximum absolute atomic E-state index is 12.3. The number of imidazole rings is 2. The van der Waals surface area contributed by atoms with Crippen molar-refractivity contribution >= 4 is 22.6 Å². The number of carbonyl (C=O) groups excluding carboxylic acids is 1. The summed E-state index contributed by atoms with van der Waals surface area (Å²) in [6.07, 6.45) is 2.95. The summed E-state index contributed by atoms with van der Waals surface area (Å²) in [6, 6.07) is 15.3. The molecule has 8 heteroatoms. The Morgan fingerprint density at radius 3 is 2.45 bits per heavy atom. The van der Waals surface area contributed by atoms with E-state index in [4.69, 9.17) is 9.97 Å². The molecule has 8 nitrogen and oxygen atoms in total. The Morgan fingerprint density at radius 1 is 1.05 bits per heavy atom. The summed E-state index contributed by atoms with van der Waals surface area (Å²) >= 11 is 0. The number of aromatic amines is 1. The number of nitrogens with one attached hydrogen (secondary N) is 2. The predicted molar refractivity (Wildman–Crippen MR) is 163 cm³/mol. The second-order valence-electron chi connectivity index (χ2n) is 12.1. The van der Waals surface area contributed by atoms with Gasteiger partial charge in [0.1, 0.15) is 23.7 Å². The average molecular weight is 542 g/mol. The van der Waals surface area contributed by atoms with Crippen LogP contribution in [0.4, 0.5) is 5.69 Å². The molecule has 1 amide bonds. The Kier molecular flexibility index (Phi) is 7.99. The van der Waals surface area contributed by atoms with Crippen molar-refractivity contribution in [3.05, 3.63) is 65.7 Å². The third-order valence-corrected chi connectivity index (χ3v) is 7.97. The van der Waals surface area contributed by atoms with E-state index < -0.39 is 0 Å². The van der Waals surface area contributed by atoms with Gasteiger partial charge < -0.3 is 19.8 Å². The van der Waals surface area contributed by atoms with E-state index in [1.54, 1.807) is 0 Å². The average Bonchev–Trinajstić information content (AvgIpc) is 3.51. The number of hydrogen-bond acceptors (Lipinski definition) is 5. The monoisotopic (exact) mass is 541 g/mol. The van der Waals surface area contributed by atoms with Crippen LogP contribution in [0.15, 0.2) is 48.7 Å². The molecule has 0 spiro atoms. The fraction of sp³-hybridized carbons (Fsp3) is 0.469. The third kappa shape index (κ3) is 6.22. The SMILES string of the molecule is CC[C@H](C)NC(=O)Cn1cc(CN2CCN(c3cccc4[nH]c(-c5ccc(C(C)(C)C)cc5)nc34)CC2)nc1C. The molecule has 4 aromatic rings. The highest BCUT2D eigenvalue weighted by Crippen LogP contribution is 2.30. The molecule has 2 aromatic heterocycles. The Bertz CT molecular complexity index is 1450. The molecule has 1 saturated heterocycles. The summed E-state index contributed by atoms with van der Waals surface area (Å²) in [6.45, 7) is 17.6. The van der Waals surface area contributed by atoms with E-state index in [-0.39, 0.29) is 17.4 Å². The van der Waals surface area contributed by atoms with Crippen LogP contribution in [0.1, 0.15) is 58.1 Å². The molecule has 2 aromatic carbocycles. The molecule has 5 rings (SSSR count). The van der Waals surface area contributed by atoms with E-state index in [0.29, 0.717) is 6.54 Å². The maximum Gasteiger partial charge on any atom is 0.240 e. The van der Waals surface area contributed by atoms with Gasteiger partial charge in [0.2, 0.25) is 5.91 Å². The molecule has 2 N–H and O–H groups in total. The smallest absolute Gasteiger partial charge is 0.240 e. The number of anilines is 1. The Balaban J connectivity index is 1.22. The lowest BCUT2D eigenvalue weighted by atomic mass is 9.87. The zero-order chi connectivity index (χ0) is 28.4. The summed E-state index contributed by atoms with van der Waals surface area (Å²) in [5.74, 6) is 1.82. The van der Waals surface area contributed by atoms with Crippen LogP contribution in [-0.2, 0) is 23.3 Å². The van der Waals surface area contributed by atoms with Gasteiger partial charge in [0, 0.05) is 50.5 Å². The van der Waals surface area contributed by atoms with Crippen molar-refractivity contribution in [2.24, 2.45) is 0 Å². The van der Waals surface area contributed by atoms with Crippen LogP contribution in [0.25, 0.3) is 22.4 Å². The van der Waals surface area contributed by atoms with E-state index >= 15 is 0 Å². The molecule has 0 unspecified atom stereocenters. The minimum atomic E-state index is 0.0348. The number of rotatable bonds is 8. The minimum absolute atomic E-state index is 0.0348. The normalized spacial score (nSPS) is 15.5. The summed E-state index contributed by atoms with van der Waals surface area (Å²) in [5, 5.41) is 3.04. The first kappa shape index (κ1) is 27.9. The molecule has 1 aliphatic rings. The topological polar surface area (TPSA) is 82.1 Å². The van der Waals surface area contributed by atoms with Gasteiger partial charge in [-0.15, -0.1) is 0 Å². The van der Waals surface area contributed by atoms with Crippen molar-refractivity contribution in [3.8, 4) is 11.4 Å². The molecule has 1 atom stereocenters. The number of benzene rings is 2. The summed E-state index contributed by atoms with van der Waals surface area (Å²) in [5.41, 5.74) is 6.83. The standard InChI is InChI=1S/C32H43N7O/c1-7-22(2)33-29(40)21-39-20-26(34-23(39)3)19-37-15-17-38(18-16-37)28-10-8-9-27-30(28)36-31(35-27)24-11-13-25(14-12-24)32(4,5)6/h8-14,20,22H,7,15-19,21H2,1-6H3,(H,33,40)(H,35,36)/t22-/m0/s1. The van der Waals surface area contributed by atoms with Gasteiger partial charge >= 0.3 is 0 Å². The number of nitrogens with zero attached hydrogens (tertiary/aromatic N) is 5. The number of para-hydroxylation sites is 1. The highest BCUT2D eigenvalue weighted by atomic mass is 16.2. The zero-order valence-corrected chi connectivity index (χ0v) is 24.8. The first-order valence-electron chi connectivity index (χ1n) is 14.5. The van der Waals surface area contributed by atoms with Crippen LogP contribution < -0.4 is 10.2 Å². The van der Waals surface area contributed by atoms with Crippen molar-refractivity contribution in [2.75, 3.05) is 31.1 Å². The summed E-state index contributed by atoms with van der Waals surface area (Å²) in [7, 11) is 0. The molecular formula is C32H43N7O. The van der Waals surface area contributed by atoms with Gasteiger partial charge in [0.15, 0.2) is 0 Å². The zero-order valence-electron chi connectivity index (χ0n) is 24.8. The van der Waals surface area contributed by atoms with Gasteiger partial charge in [0.05, 0.1) is 16.9 Å². The quantitative estimate of drug-likeness (QED) is 0.318. The van der Waals surface area contributed by atoms with Gasteiger partial charge in [0.25, 0.3) is 0 Å². The fourth-order valence-corrected chi connectivity index (χ4v) is 5.30. The number of aryl methyl sites for hydroxylation is 1. The lowest BCUT2D eigenvalue weighted by Crippen LogP contribution is -2.46. The second-order valence-corrected chi connectivity index (χ2v) is 12.1. The largest absolute Gasteiger partial charge is 0.367 e. The predicted octanol–water partition coefficient (Wildman–Crippen LogP) is 5.27. The van der Waals surface area contributed by atoms with Crippen molar-refractivity contribution < 1.29 is 4.79 Å². The van der Waals surface area contributed by atoms with E-state index in [1.807, 2.05) is 24.6 Å². The molecule has 3 heterocycles. The number of piperazine rings is 1. The molecular weight excluding hydrogens is 498 g/mol. The van der Waals surface area contributed by atoms with E-state index in [0.717, 1.165) is 73.1 Å². The van der Waals surface area contributed by atoms with Crippen LogP contribution in [-0.4, -0.2) is 62.5 Å². The molecule has 1 aliphatic heterocycles. The molecule has 0 radical (unpaired) electrons. The Hall–Kier alpha value is -3.65. The lowest BCUT2D eigenvalue weighted by Gasteiger charge is -2.35. The molecule has 0 aliphatic carbocycles. The molecule has 0 saturated carbocycles. The van der Waals surface area contributed by atoms with Crippen molar-refractivity contribution in [3.63, 3.8) is 0 Å². The molecule has 1 fully saturated rings. The van der Waals surface area contributed by atoms with Gasteiger partial charge in [-0.2, -0.15) is 0 Å². The number of amides is 1. The van der Waals surface area contributed by atoms with E-state index in [9.17, 15) is 4.79 Å². The number of hydrogen-bond donors (Lipinski definition) is 2. The fourth-order valence-electron chi connectivity index (χ4n) is 5.30. The van der Waals surface area contributed by atoms with Gasteiger partial charge in [-0.05, 0) is 43.4 Å². The van der Waals surface area contributed by atoms with Gasteiger partial charge in [-0.3, -0.25) is 9.69 Å². The van der Waals surface area contributed by atoms with Crippen molar-refractivity contribution in [1.82, 2.24) is 29.7 Å². The number of H-pyrrole nitrogens is 1. The summed E-state index contributed by atoms with van der Waals surface area (Å²) in [4.78, 5) is 30.5. The molecule has 212 valence electrons.